The average Bonchev–Trinajstić information content (AvgIpc) is 3.25. The van der Waals surface area contributed by atoms with E-state index in [0.717, 1.165) is 30.0 Å². The summed E-state index contributed by atoms with van der Waals surface area (Å²) in [4.78, 5) is 0. The summed E-state index contributed by atoms with van der Waals surface area (Å²) in [7, 11) is -1.83. The van der Waals surface area contributed by atoms with Crippen LogP contribution in [0, 0.1) is 5.82 Å². The lowest BCUT2D eigenvalue weighted by Crippen LogP contribution is -2.33. The van der Waals surface area contributed by atoms with Crippen molar-refractivity contribution in [3.8, 4) is 0 Å². The first-order valence-corrected chi connectivity index (χ1v) is 13.0. The Bertz CT molecular complexity index is 1200. The van der Waals surface area contributed by atoms with Crippen LogP contribution >= 0.6 is 7.26 Å². The van der Waals surface area contributed by atoms with E-state index in [1.165, 1.54) is 22.0 Å². The fourth-order valence-corrected chi connectivity index (χ4v) is 9.04. The van der Waals surface area contributed by atoms with Gasteiger partial charge in [0.2, 0.25) is 0 Å². The maximum atomic E-state index is 13.9. The predicted octanol–water partition coefficient (Wildman–Crippen LogP) is 6.16. The predicted molar refractivity (Wildman–Crippen MR) is 137 cm³/mol. The second kappa shape index (κ2) is 9.10. The molecule has 158 valence electrons. The Morgan fingerprint density at radius 3 is 1.69 bits per heavy atom. The Kier molecular flexibility index (Phi) is 5.88. The summed E-state index contributed by atoms with van der Waals surface area (Å²) in [5.41, 5.74) is 0.966. The second-order valence-electron chi connectivity index (χ2n) is 8.11. The van der Waals surface area contributed by atoms with Crippen LogP contribution in [0.5, 0.6) is 0 Å². The zero-order valence-electron chi connectivity index (χ0n) is 17.9. The van der Waals surface area contributed by atoms with E-state index in [1.54, 1.807) is 6.07 Å². The highest BCUT2D eigenvalue weighted by molar-refractivity contribution is 7.95. The molecule has 5 rings (SSSR count). The minimum absolute atomic E-state index is 0.183. The summed E-state index contributed by atoms with van der Waals surface area (Å²) >= 11 is 0. The monoisotopic (exact) mass is 438 g/mol. The largest absolute Gasteiger partial charge is 0.347 e. The summed E-state index contributed by atoms with van der Waals surface area (Å²) in [5, 5.41) is 5.30. The van der Waals surface area contributed by atoms with Crippen molar-refractivity contribution >= 4 is 34.1 Å². The van der Waals surface area contributed by atoms with Crippen molar-refractivity contribution in [3.63, 3.8) is 0 Å². The molecule has 5 aromatic rings. The Balaban J connectivity index is 1.56. The van der Waals surface area contributed by atoms with Crippen molar-refractivity contribution in [2.75, 3.05) is 6.16 Å². The Labute approximate surface area is 189 Å². The lowest BCUT2D eigenvalue weighted by molar-refractivity contribution is 0.627. The summed E-state index contributed by atoms with van der Waals surface area (Å²) in [5.74, 6) is -0.183. The van der Waals surface area contributed by atoms with Crippen molar-refractivity contribution in [1.29, 1.82) is 0 Å². The van der Waals surface area contributed by atoms with Crippen LogP contribution in [0.1, 0.15) is 6.42 Å². The van der Waals surface area contributed by atoms with Crippen LogP contribution in [-0.4, -0.2) is 10.7 Å². The molecule has 0 atom stereocenters. The molecule has 1 aromatic heterocycles. The maximum Gasteiger partial charge on any atom is 0.125 e. The molecule has 0 radical (unpaired) electrons. The minimum Gasteiger partial charge on any atom is -0.347 e. The number of hydrogen-bond acceptors (Lipinski definition) is 0. The van der Waals surface area contributed by atoms with E-state index in [9.17, 15) is 4.39 Å². The van der Waals surface area contributed by atoms with Crippen molar-refractivity contribution < 1.29 is 4.39 Å². The van der Waals surface area contributed by atoms with Crippen LogP contribution in [0.4, 0.5) is 4.39 Å². The molecule has 32 heavy (non-hydrogen) atoms. The molecule has 0 spiro atoms. The zero-order valence-corrected chi connectivity index (χ0v) is 18.8. The first-order chi connectivity index (χ1) is 15.8. The highest BCUT2D eigenvalue weighted by Gasteiger charge is 2.44. The number of halogens is 1. The molecule has 0 saturated heterocycles. The van der Waals surface area contributed by atoms with E-state index < -0.39 is 7.26 Å². The molecule has 0 saturated carbocycles. The Morgan fingerprint density at radius 2 is 1.16 bits per heavy atom. The zero-order chi connectivity index (χ0) is 21.8. The van der Waals surface area contributed by atoms with Crippen LogP contribution in [0.25, 0.3) is 10.9 Å². The van der Waals surface area contributed by atoms with Crippen LogP contribution in [0.2, 0.25) is 0 Å². The number of fused-ring (bicyclic) bond motifs is 1. The number of hydrogen-bond donors (Lipinski definition) is 0. The molecular formula is C29H26FNP+. The SMILES string of the molecule is Fc1ccc2ccn(CCC[P+](c3ccccc3)(c3ccccc3)c3ccccc3)c2c1. The van der Waals surface area contributed by atoms with Gasteiger partial charge in [-0.05, 0) is 66.0 Å². The molecule has 0 fully saturated rings. The molecule has 0 unspecified atom stereocenters. The fourth-order valence-electron chi connectivity index (χ4n) is 4.71. The summed E-state index contributed by atoms with van der Waals surface area (Å²) in [6, 6.07) is 40.0. The van der Waals surface area contributed by atoms with Gasteiger partial charge < -0.3 is 4.57 Å². The van der Waals surface area contributed by atoms with Crippen molar-refractivity contribution in [3.05, 3.63) is 127 Å². The number of nitrogens with zero attached hydrogens (tertiary/aromatic N) is 1. The van der Waals surface area contributed by atoms with Crippen LogP contribution in [-0.2, 0) is 6.54 Å². The van der Waals surface area contributed by atoms with Crippen LogP contribution in [0.3, 0.4) is 0 Å². The smallest absolute Gasteiger partial charge is 0.125 e. The molecule has 0 aliphatic heterocycles. The van der Waals surface area contributed by atoms with Gasteiger partial charge in [0.25, 0.3) is 0 Å². The van der Waals surface area contributed by atoms with Gasteiger partial charge in [-0.25, -0.2) is 4.39 Å². The molecule has 0 N–H and O–H groups in total. The summed E-state index contributed by atoms with van der Waals surface area (Å²) in [6.45, 7) is 0.862. The Hall–Kier alpha value is -3.22. The van der Waals surface area contributed by atoms with Gasteiger partial charge in [0.1, 0.15) is 29.0 Å². The van der Waals surface area contributed by atoms with E-state index in [-0.39, 0.29) is 5.82 Å². The van der Waals surface area contributed by atoms with Gasteiger partial charge in [-0.2, -0.15) is 0 Å². The normalized spacial score (nSPS) is 11.7. The van der Waals surface area contributed by atoms with E-state index in [1.807, 2.05) is 6.07 Å². The molecule has 1 heterocycles. The maximum absolute atomic E-state index is 13.9. The minimum atomic E-state index is -1.83. The third-order valence-electron chi connectivity index (χ3n) is 6.22. The quantitative estimate of drug-likeness (QED) is 0.268. The first kappa shape index (κ1) is 20.7. The van der Waals surface area contributed by atoms with Crippen LogP contribution in [0.15, 0.2) is 121 Å². The highest BCUT2D eigenvalue weighted by atomic mass is 31.2. The number of aromatic nitrogens is 1. The molecule has 0 aliphatic rings. The van der Waals surface area contributed by atoms with E-state index in [4.69, 9.17) is 0 Å². The highest BCUT2D eigenvalue weighted by Crippen LogP contribution is 2.55. The average molecular weight is 439 g/mol. The third kappa shape index (κ3) is 3.87. The molecule has 1 nitrogen and oxygen atoms in total. The summed E-state index contributed by atoms with van der Waals surface area (Å²) < 4.78 is 16.1. The molecule has 0 bridgehead atoms. The van der Waals surface area contributed by atoms with E-state index in [0.29, 0.717) is 0 Å². The van der Waals surface area contributed by atoms with Crippen molar-refractivity contribution in [2.24, 2.45) is 0 Å². The first-order valence-electron chi connectivity index (χ1n) is 11.1. The number of aryl methyl sites for hydroxylation is 1. The van der Waals surface area contributed by atoms with Crippen molar-refractivity contribution in [1.82, 2.24) is 4.57 Å². The van der Waals surface area contributed by atoms with Crippen LogP contribution < -0.4 is 15.9 Å². The fraction of sp³-hybridized carbons (Fsp3) is 0.103. The van der Waals surface area contributed by atoms with Gasteiger partial charge >= 0.3 is 0 Å². The summed E-state index contributed by atoms with van der Waals surface area (Å²) in [6.07, 6.45) is 4.14. The van der Waals surface area contributed by atoms with Gasteiger partial charge in [0, 0.05) is 19.2 Å². The van der Waals surface area contributed by atoms with Gasteiger partial charge in [-0.15, -0.1) is 0 Å². The van der Waals surface area contributed by atoms with E-state index in [2.05, 4.69) is 108 Å². The standard InChI is InChI=1S/C29H26FNP/c30-25-18-17-24-19-21-31(29(24)23-25)20-10-22-32(26-11-4-1-5-12-26,27-13-6-2-7-14-27)28-15-8-3-9-16-28/h1-9,11-19,21,23H,10,20,22H2/q+1. The molecule has 0 amide bonds. The number of benzene rings is 4. The lowest BCUT2D eigenvalue weighted by atomic mass is 10.2. The second-order valence-corrected chi connectivity index (χ2v) is 11.7. The lowest BCUT2D eigenvalue weighted by Gasteiger charge is -2.28. The van der Waals surface area contributed by atoms with Gasteiger partial charge in [0.15, 0.2) is 0 Å². The molecule has 4 aromatic carbocycles. The third-order valence-corrected chi connectivity index (χ3v) is 10.7. The molecule has 0 aliphatic carbocycles. The molecule has 3 heteroatoms. The Morgan fingerprint density at radius 1 is 0.625 bits per heavy atom. The van der Waals surface area contributed by atoms with Gasteiger partial charge in [-0.3, -0.25) is 0 Å². The van der Waals surface area contributed by atoms with Gasteiger partial charge in [-0.1, -0.05) is 54.6 Å². The molecular weight excluding hydrogens is 412 g/mol. The topological polar surface area (TPSA) is 4.93 Å². The number of rotatable bonds is 7. The van der Waals surface area contributed by atoms with Crippen molar-refractivity contribution in [2.45, 2.75) is 13.0 Å². The van der Waals surface area contributed by atoms with E-state index >= 15 is 0 Å². The van der Waals surface area contributed by atoms with Gasteiger partial charge in [0.05, 0.1) is 11.7 Å².